The van der Waals surface area contributed by atoms with Crippen LogP contribution in [0.3, 0.4) is 0 Å². The topological polar surface area (TPSA) is 23.6 Å². The second-order valence-corrected chi connectivity index (χ2v) is 5.96. The zero-order valence-electron chi connectivity index (χ0n) is 11.5. The van der Waals surface area contributed by atoms with Crippen LogP contribution in [-0.4, -0.2) is 48.9 Å². The molecule has 0 aromatic heterocycles. The van der Waals surface area contributed by atoms with Gasteiger partial charge in [-0.2, -0.15) is 0 Å². The first-order valence-electron chi connectivity index (χ1n) is 7.09. The maximum atomic E-state index is 12.0. The molecule has 0 unspecified atom stereocenters. The Morgan fingerprint density at radius 3 is 2.53 bits per heavy atom. The quantitative estimate of drug-likeness (QED) is 0.699. The summed E-state index contributed by atoms with van der Waals surface area (Å²) in [6.07, 6.45) is 4.82. The molecular weight excluding hydrogens is 212 g/mol. The molecule has 0 aromatic carbocycles. The first kappa shape index (κ1) is 12.9. The van der Waals surface area contributed by atoms with Crippen molar-refractivity contribution in [3.05, 3.63) is 0 Å². The number of carbonyl (C=O) groups excluding carboxylic acids is 1. The molecule has 2 fully saturated rings. The fraction of sp³-hybridized carbons (Fsp3) is 0.929. The number of hydrogen-bond donors (Lipinski definition) is 0. The number of likely N-dealkylation sites (tertiary alicyclic amines) is 2. The summed E-state index contributed by atoms with van der Waals surface area (Å²) in [5.74, 6) is 1.19. The molecule has 0 N–H and O–H groups in total. The molecule has 1 spiro atoms. The monoisotopic (exact) mass is 238 g/mol. The molecule has 0 bridgehead atoms. The first-order chi connectivity index (χ1) is 8.11. The number of hydrogen-bond acceptors (Lipinski definition) is 2. The van der Waals surface area contributed by atoms with Crippen molar-refractivity contribution in [1.82, 2.24) is 9.80 Å². The van der Waals surface area contributed by atoms with E-state index in [-0.39, 0.29) is 5.41 Å². The van der Waals surface area contributed by atoms with Crippen LogP contribution in [0.1, 0.15) is 39.5 Å². The van der Waals surface area contributed by atoms with Crippen molar-refractivity contribution in [2.45, 2.75) is 39.5 Å². The summed E-state index contributed by atoms with van der Waals surface area (Å²) >= 11 is 0. The standard InChI is InChI=1S/C14H26N2O/c1-4-12(5-2)9-16-8-6-7-14(11-16)10-15(3)13(14)17/h12H,4-11H2,1-3H3/t14-/m0/s1. The molecule has 0 radical (unpaired) electrons. The molecule has 98 valence electrons. The number of rotatable bonds is 4. The van der Waals surface area contributed by atoms with Gasteiger partial charge in [-0.25, -0.2) is 0 Å². The van der Waals surface area contributed by atoms with Crippen LogP contribution in [0.15, 0.2) is 0 Å². The zero-order chi connectivity index (χ0) is 12.5. The van der Waals surface area contributed by atoms with E-state index in [1.807, 2.05) is 11.9 Å². The van der Waals surface area contributed by atoms with Gasteiger partial charge in [-0.15, -0.1) is 0 Å². The van der Waals surface area contributed by atoms with Crippen molar-refractivity contribution in [3.8, 4) is 0 Å². The first-order valence-corrected chi connectivity index (χ1v) is 7.09. The van der Waals surface area contributed by atoms with E-state index in [0.29, 0.717) is 5.91 Å². The van der Waals surface area contributed by atoms with Crippen LogP contribution < -0.4 is 0 Å². The van der Waals surface area contributed by atoms with Crippen molar-refractivity contribution in [2.75, 3.05) is 33.2 Å². The molecule has 2 saturated heterocycles. The Balaban J connectivity index is 1.92. The maximum Gasteiger partial charge on any atom is 0.231 e. The highest BCUT2D eigenvalue weighted by Gasteiger charge is 2.52. The highest BCUT2D eigenvalue weighted by Crippen LogP contribution is 2.39. The van der Waals surface area contributed by atoms with Crippen molar-refractivity contribution in [1.29, 1.82) is 0 Å². The Bertz CT molecular complexity index is 284. The Kier molecular flexibility index (Phi) is 3.76. The molecule has 3 heteroatoms. The number of amides is 1. The van der Waals surface area contributed by atoms with Crippen LogP contribution in [0.2, 0.25) is 0 Å². The van der Waals surface area contributed by atoms with Crippen LogP contribution in [0.25, 0.3) is 0 Å². The lowest BCUT2D eigenvalue weighted by atomic mass is 9.72. The highest BCUT2D eigenvalue weighted by atomic mass is 16.2. The van der Waals surface area contributed by atoms with Crippen molar-refractivity contribution < 1.29 is 4.79 Å². The smallest absolute Gasteiger partial charge is 0.231 e. The fourth-order valence-electron chi connectivity index (χ4n) is 3.51. The molecule has 2 rings (SSSR count). The Morgan fingerprint density at radius 1 is 1.29 bits per heavy atom. The number of piperidine rings is 1. The third kappa shape index (κ3) is 2.35. The van der Waals surface area contributed by atoms with Gasteiger partial charge in [0.15, 0.2) is 0 Å². The average molecular weight is 238 g/mol. The predicted octanol–water partition coefficient (Wildman–Crippen LogP) is 1.98. The molecule has 17 heavy (non-hydrogen) atoms. The second kappa shape index (κ2) is 4.97. The van der Waals surface area contributed by atoms with Gasteiger partial charge in [0.2, 0.25) is 5.91 Å². The minimum Gasteiger partial charge on any atom is -0.344 e. The van der Waals surface area contributed by atoms with Crippen LogP contribution in [0.4, 0.5) is 0 Å². The Labute approximate surface area is 105 Å². The normalized spacial score (nSPS) is 30.1. The van der Waals surface area contributed by atoms with E-state index < -0.39 is 0 Å². The van der Waals surface area contributed by atoms with Crippen LogP contribution in [-0.2, 0) is 4.79 Å². The summed E-state index contributed by atoms with van der Waals surface area (Å²) in [5, 5.41) is 0. The third-order valence-electron chi connectivity index (χ3n) is 4.67. The Hall–Kier alpha value is -0.570. The van der Waals surface area contributed by atoms with Gasteiger partial charge in [-0.3, -0.25) is 4.79 Å². The lowest BCUT2D eigenvalue weighted by Gasteiger charge is -2.52. The summed E-state index contributed by atoms with van der Waals surface area (Å²) < 4.78 is 0. The number of β-lactam (4-membered cyclic amide) rings is 1. The molecular formula is C14H26N2O. The van der Waals surface area contributed by atoms with Crippen molar-refractivity contribution >= 4 is 5.91 Å². The van der Waals surface area contributed by atoms with Crippen molar-refractivity contribution in [2.24, 2.45) is 11.3 Å². The van der Waals surface area contributed by atoms with Crippen LogP contribution in [0, 0.1) is 11.3 Å². The van der Waals surface area contributed by atoms with E-state index in [0.717, 1.165) is 25.4 Å². The molecule has 0 aliphatic carbocycles. The largest absolute Gasteiger partial charge is 0.344 e. The van der Waals surface area contributed by atoms with Gasteiger partial charge in [0.05, 0.1) is 5.41 Å². The fourth-order valence-corrected chi connectivity index (χ4v) is 3.51. The van der Waals surface area contributed by atoms with E-state index in [9.17, 15) is 4.79 Å². The SMILES string of the molecule is CCC(CC)CN1CCC[C@@]2(C1)CN(C)C2=O. The second-order valence-electron chi connectivity index (χ2n) is 5.96. The van der Waals surface area contributed by atoms with Crippen molar-refractivity contribution in [3.63, 3.8) is 0 Å². The van der Waals surface area contributed by atoms with Crippen LogP contribution in [0.5, 0.6) is 0 Å². The van der Waals surface area contributed by atoms with E-state index in [1.165, 1.54) is 32.4 Å². The minimum absolute atomic E-state index is 0.000959. The highest BCUT2D eigenvalue weighted by molar-refractivity contribution is 5.88. The molecule has 0 saturated carbocycles. The van der Waals surface area contributed by atoms with Gasteiger partial charge < -0.3 is 9.80 Å². The summed E-state index contributed by atoms with van der Waals surface area (Å²) in [6, 6.07) is 0. The molecule has 2 heterocycles. The molecule has 3 nitrogen and oxygen atoms in total. The molecule has 0 aromatic rings. The average Bonchev–Trinajstić information content (AvgIpc) is 2.36. The summed E-state index contributed by atoms with van der Waals surface area (Å²) in [7, 11) is 1.92. The minimum atomic E-state index is -0.000959. The van der Waals surface area contributed by atoms with E-state index >= 15 is 0 Å². The van der Waals surface area contributed by atoms with Gasteiger partial charge in [0.1, 0.15) is 0 Å². The molecule has 1 amide bonds. The van der Waals surface area contributed by atoms with E-state index in [2.05, 4.69) is 18.7 Å². The summed E-state index contributed by atoms with van der Waals surface area (Å²) in [4.78, 5) is 16.4. The summed E-state index contributed by atoms with van der Waals surface area (Å²) in [5.41, 5.74) is -0.000959. The maximum absolute atomic E-state index is 12.0. The third-order valence-corrected chi connectivity index (χ3v) is 4.67. The van der Waals surface area contributed by atoms with Gasteiger partial charge in [0.25, 0.3) is 0 Å². The zero-order valence-corrected chi connectivity index (χ0v) is 11.5. The van der Waals surface area contributed by atoms with Gasteiger partial charge in [-0.1, -0.05) is 26.7 Å². The molecule has 2 aliphatic heterocycles. The van der Waals surface area contributed by atoms with Gasteiger partial charge in [-0.05, 0) is 25.3 Å². The number of nitrogens with zero attached hydrogens (tertiary/aromatic N) is 2. The Morgan fingerprint density at radius 2 is 2.00 bits per heavy atom. The van der Waals surface area contributed by atoms with Gasteiger partial charge >= 0.3 is 0 Å². The lowest BCUT2D eigenvalue weighted by Crippen LogP contribution is -2.65. The van der Waals surface area contributed by atoms with Crippen LogP contribution >= 0.6 is 0 Å². The lowest BCUT2D eigenvalue weighted by molar-refractivity contribution is -0.163. The van der Waals surface area contributed by atoms with E-state index in [4.69, 9.17) is 0 Å². The predicted molar refractivity (Wildman–Crippen MR) is 69.8 cm³/mol. The summed E-state index contributed by atoms with van der Waals surface area (Å²) in [6.45, 7) is 8.91. The molecule has 1 atom stereocenters. The van der Waals surface area contributed by atoms with Gasteiger partial charge in [0, 0.05) is 26.7 Å². The van der Waals surface area contributed by atoms with E-state index in [1.54, 1.807) is 0 Å². The molecule has 2 aliphatic rings. The number of carbonyl (C=O) groups is 1.